The highest BCUT2D eigenvalue weighted by Gasteiger charge is 2.13. The molecule has 3 aromatic rings. The van der Waals surface area contributed by atoms with Gasteiger partial charge in [0.2, 0.25) is 5.91 Å². The van der Waals surface area contributed by atoms with Gasteiger partial charge < -0.3 is 5.73 Å². The van der Waals surface area contributed by atoms with E-state index in [4.69, 9.17) is 11.6 Å². The second kappa shape index (κ2) is 8.15. The molecule has 0 unspecified atom stereocenters. The number of hydrogen-bond acceptors (Lipinski definition) is 6. The van der Waals surface area contributed by atoms with Crippen LogP contribution in [0.25, 0.3) is 16.9 Å². The van der Waals surface area contributed by atoms with Crippen LogP contribution in [0.4, 0.5) is 0 Å². The minimum atomic E-state index is -0.421. The van der Waals surface area contributed by atoms with Crippen molar-refractivity contribution in [1.29, 1.82) is 0 Å². The first kappa shape index (κ1) is 18.2. The molecule has 0 fully saturated rings. The van der Waals surface area contributed by atoms with E-state index in [9.17, 15) is 4.79 Å². The highest BCUT2D eigenvalue weighted by molar-refractivity contribution is 7.94. The van der Waals surface area contributed by atoms with Crippen LogP contribution in [0.1, 0.15) is 11.3 Å². The summed E-state index contributed by atoms with van der Waals surface area (Å²) in [5.41, 5.74) is 9.82. The molecule has 4 N–H and O–H groups in total. The van der Waals surface area contributed by atoms with Crippen LogP contribution >= 0.6 is 12.0 Å². The maximum absolute atomic E-state index is 11.3. The Labute approximate surface area is 155 Å². The lowest BCUT2D eigenvalue weighted by Crippen LogP contribution is -2.14. The first-order valence-corrected chi connectivity index (χ1v) is 8.56. The zero-order valence-electron chi connectivity index (χ0n) is 14.1. The lowest BCUT2D eigenvalue weighted by atomic mass is 10.1. The summed E-state index contributed by atoms with van der Waals surface area (Å²) in [5.74, 6) is 4.42. The number of nitrogens with two attached hydrogens (primary N) is 2. The predicted octanol–water partition coefficient (Wildman–Crippen LogP) is 2.70. The molecule has 0 bridgehead atoms. The number of benzene rings is 2. The maximum Gasteiger partial charge on any atom is 0.223 e. The van der Waals surface area contributed by atoms with Crippen molar-refractivity contribution in [3.63, 3.8) is 0 Å². The smallest absolute Gasteiger partial charge is 0.223 e. The van der Waals surface area contributed by atoms with E-state index in [1.807, 2.05) is 61.5 Å². The van der Waals surface area contributed by atoms with Crippen LogP contribution in [-0.2, 0) is 20.5 Å². The van der Waals surface area contributed by atoms with Gasteiger partial charge in [-0.15, -0.1) is 9.32 Å². The van der Waals surface area contributed by atoms with Crippen LogP contribution in [-0.4, -0.2) is 15.7 Å². The first-order chi connectivity index (χ1) is 12.6. The van der Waals surface area contributed by atoms with Crippen LogP contribution in [0.5, 0.6) is 0 Å². The quantitative estimate of drug-likeness (QED) is 0.376. The normalized spacial score (nSPS) is 10.8. The summed E-state index contributed by atoms with van der Waals surface area (Å²) in [6, 6.07) is 17.5. The number of hydrogen-bond donors (Lipinski definition) is 2. The molecule has 0 spiro atoms. The average molecular weight is 370 g/mol. The van der Waals surface area contributed by atoms with E-state index in [0.29, 0.717) is 5.69 Å². The van der Waals surface area contributed by atoms with Gasteiger partial charge in [-0.3, -0.25) is 4.79 Å². The number of rotatable bonds is 7. The third-order valence-corrected chi connectivity index (χ3v) is 4.32. The van der Waals surface area contributed by atoms with Crippen LogP contribution in [0, 0.1) is 6.92 Å². The minimum absolute atomic E-state index is 0.0848. The Morgan fingerprint density at radius 2 is 1.85 bits per heavy atom. The van der Waals surface area contributed by atoms with Gasteiger partial charge in [0.1, 0.15) is 0 Å². The monoisotopic (exact) mass is 370 g/mol. The molecule has 0 radical (unpaired) electrons. The summed E-state index contributed by atoms with van der Waals surface area (Å²) in [6.07, 6.45) is 0.0848. The van der Waals surface area contributed by atoms with Gasteiger partial charge in [0.25, 0.3) is 0 Å². The summed E-state index contributed by atoms with van der Waals surface area (Å²) < 4.78 is 6.43. The number of carbonyl (C=O) groups excluding carboxylic acids is 1. The Balaban J connectivity index is 1.99. The fourth-order valence-corrected chi connectivity index (χ4v) is 2.89. The summed E-state index contributed by atoms with van der Waals surface area (Å²) in [7, 11) is 0. The Hall–Kier alpha value is -2.65. The lowest BCUT2D eigenvalue weighted by Gasteiger charge is -2.08. The van der Waals surface area contributed by atoms with Crippen molar-refractivity contribution in [1.82, 2.24) is 9.78 Å². The van der Waals surface area contributed by atoms with E-state index in [1.165, 1.54) is 5.56 Å². The van der Waals surface area contributed by atoms with E-state index in [0.717, 1.165) is 33.9 Å². The Morgan fingerprint density at radius 1 is 1.15 bits per heavy atom. The van der Waals surface area contributed by atoms with Crippen molar-refractivity contribution in [2.24, 2.45) is 11.6 Å². The summed E-state index contributed by atoms with van der Waals surface area (Å²) in [6.45, 7) is 2.03. The molecule has 1 heterocycles. The van der Waals surface area contributed by atoms with Gasteiger partial charge in [0, 0.05) is 10.5 Å². The fourth-order valence-electron chi connectivity index (χ4n) is 2.52. The van der Waals surface area contributed by atoms with Gasteiger partial charge in [-0.1, -0.05) is 29.8 Å². The maximum atomic E-state index is 11.3. The number of carbonyl (C=O) groups is 1. The molecule has 8 heteroatoms. The third kappa shape index (κ3) is 4.30. The number of aryl methyl sites for hydroxylation is 1. The van der Waals surface area contributed by atoms with E-state index < -0.39 is 5.91 Å². The van der Waals surface area contributed by atoms with Crippen molar-refractivity contribution in [3.8, 4) is 16.9 Å². The number of primary amides is 1. The molecule has 1 amide bonds. The minimum Gasteiger partial charge on any atom is -0.369 e. The molecular weight excluding hydrogens is 352 g/mol. The molecule has 0 saturated heterocycles. The number of amides is 1. The molecule has 0 aliphatic carbocycles. The van der Waals surface area contributed by atoms with E-state index in [-0.39, 0.29) is 6.42 Å². The molecular formula is C18H18N4O3S. The molecule has 7 nitrogen and oxygen atoms in total. The molecule has 26 heavy (non-hydrogen) atoms. The van der Waals surface area contributed by atoms with Crippen molar-refractivity contribution in [2.75, 3.05) is 0 Å². The van der Waals surface area contributed by atoms with Gasteiger partial charge >= 0.3 is 0 Å². The topological polar surface area (TPSA) is 105 Å². The van der Waals surface area contributed by atoms with Crippen LogP contribution < -0.4 is 11.6 Å². The molecule has 1 aromatic heterocycles. The summed E-state index contributed by atoms with van der Waals surface area (Å²) in [5, 5.41) is 4.54. The Bertz CT molecular complexity index is 892. The molecule has 0 atom stereocenters. The van der Waals surface area contributed by atoms with Crippen LogP contribution in [0.3, 0.4) is 0 Å². The molecule has 0 aliphatic heterocycles. The van der Waals surface area contributed by atoms with E-state index >= 15 is 0 Å². The Morgan fingerprint density at radius 3 is 2.46 bits per heavy atom. The zero-order chi connectivity index (χ0) is 18.5. The largest absolute Gasteiger partial charge is 0.369 e. The highest BCUT2D eigenvalue weighted by Crippen LogP contribution is 2.26. The van der Waals surface area contributed by atoms with Crippen LogP contribution in [0.15, 0.2) is 59.5 Å². The van der Waals surface area contributed by atoms with Crippen LogP contribution in [0.2, 0.25) is 0 Å². The summed E-state index contributed by atoms with van der Waals surface area (Å²) in [4.78, 5) is 16.2. The number of nitrogens with zero attached hydrogens (tertiary/aromatic N) is 2. The SMILES string of the molecule is Cc1ccc(-c2cc(CC(N)=O)nn2-c2ccc(SOON)cc2)cc1. The van der Waals surface area contributed by atoms with Crippen molar-refractivity contribution in [3.05, 3.63) is 65.9 Å². The molecule has 3 rings (SSSR count). The molecule has 0 saturated carbocycles. The number of aromatic nitrogens is 2. The van der Waals surface area contributed by atoms with Gasteiger partial charge in [-0.25, -0.2) is 4.68 Å². The molecule has 134 valence electrons. The molecule has 0 aliphatic rings. The second-order valence-electron chi connectivity index (χ2n) is 5.68. The first-order valence-electron chi connectivity index (χ1n) is 7.81. The second-order valence-corrected chi connectivity index (χ2v) is 6.46. The predicted molar refractivity (Wildman–Crippen MR) is 98.8 cm³/mol. The standard InChI is InChI=1S/C18H18N4O3S/c1-12-2-4-13(5-3-12)17-10-14(11-18(19)23)21-22(17)15-6-8-16(9-7-15)26-25-24-20/h2-10H,11,20H2,1H3,(H2,19,23). The van der Waals surface area contributed by atoms with Gasteiger partial charge in [0.05, 0.1) is 35.5 Å². The Kier molecular flexibility index (Phi) is 5.69. The van der Waals surface area contributed by atoms with Gasteiger partial charge in [-0.05, 0) is 37.3 Å². The third-order valence-electron chi connectivity index (χ3n) is 3.71. The average Bonchev–Trinajstić information content (AvgIpc) is 3.04. The van der Waals surface area contributed by atoms with Crippen molar-refractivity contribution in [2.45, 2.75) is 18.2 Å². The zero-order valence-corrected chi connectivity index (χ0v) is 14.9. The van der Waals surface area contributed by atoms with Gasteiger partial charge in [0.15, 0.2) is 0 Å². The van der Waals surface area contributed by atoms with E-state index in [1.54, 1.807) is 4.68 Å². The van der Waals surface area contributed by atoms with Crippen molar-refractivity contribution < 1.29 is 14.1 Å². The van der Waals surface area contributed by atoms with E-state index in [2.05, 4.69) is 14.4 Å². The highest BCUT2D eigenvalue weighted by atomic mass is 32.2. The fraction of sp³-hybridized carbons (Fsp3) is 0.111. The molecule has 2 aromatic carbocycles. The summed E-state index contributed by atoms with van der Waals surface area (Å²) >= 11 is 1.00. The lowest BCUT2D eigenvalue weighted by molar-refractivity contribution is -0.195. The van der Waals surface area contributed by atoms with Crippen molar-refractivity contribution >= 4 is 17.9 Å². The van der Waals surface area contributed by atoms with Gasteiger partial charge in [-0.2, -0.15) is 11.0 Å².